The lowest BCUT2D eigenvalue weighted by molar-refractivity contribution is 0.0595. The van der Waals surface area contributed by atoms with Gasteiger partial charge in [-0.15, -0.1) is 0 Å². The molecule has 0 amide bonds. The maximum absolute atomic E-state index is 12.7. The molecule has 1 saturated heterocycles. The Balaban J connectivity index is 1.39. The minimum Gasteiger partial charge on any atom is -0.492 e. The summed E-state index contributed by atoms with van der Waals surface area (Å²) in [6.07, 6.45) is 2.15. The normalized spacial score (nSPS) is 17.8. The summed E-state index contributed by atoms with van der Waals surface area (Å²) in [5, 5.41) is 13.0. The number of nitrogens with one attached hydrogen (secondary N) is 1. The van der Waals surface area contributed by atoms with E-state index in [2.05, 4.69) is 25.2 Å². The second kappa shape index (κ2) is 10.2. The molecular formula is C27H30N6O4. The maximum atomic E-state index is 12.7. The lowest BCUT2D eigenvalue weighted by atomic mass is 10.1. The highest BCUT2D eigenvalue weighted by Gasteiger charge is 2.28. The first-order valence-electron chi connectivity index (χ1n) is 12.1. The van der Waals surface area contributed by atoms with Crippen LogP contribution < -0.4 is 10.1 Å². The lowest BCUT2D eigenvalue weighted by Crippen LogP contribution is -2.30. The van der Waals surface area contributed by atoms with E-state index in [-0.39, 0.29) is 17.8 Å². The van der Waals surface area contributed by atoms with Gasteiger partial charge >= 0.3 is 5.97 Å². The molecule has 1 aliphatic rings. The van der Waals surface area contributed by atoms with Crippen LogP contribution in [0.25, 0.3) is 22.3 Å². The molecule has 3 heterocycles. The molecule has 37 heavy (non-hydrogen) atoms. The van der Waals surface area contributed by atoms with Gasteiger partial charge in [-0.05, 0) is 50.7 Å². The van der Waals surface area contributed by atoms with Gasteiger partial charge in [0.2, 0.25) is 0 Å². The number of hydrogen-bond acceptors (Lipinski definition) is 9. The molecule has 10 heteroatoms. The van der Waals surface area contributed by atoms with Crippen molar-refractivity contribution < 1.29 is 19.4 Å². The third kappa shape index (κ3) is 4.98. The SMILES string of the molecule is COC(=O)c1nc(-c2cccc3c2ncn3C)c(C)nc1Nc1ccc(OC[C@H]2C[C@H](O)CN2C)cc1. The van der Waals surface area contributed by atoms with Crippen molar-refractivity contribution in [2.24, 2.45) is 7.05 Å². The van der Waals surface area contributed by atoms with Gasteiger partial charge in [0.15, 0.2) is 11.5 Å². The van der Waals surface area contributed by atoms with Crippen LogP contribution in [0.4, 0.5) is 11.5 Å². The largest absolute Gasteiger partial charge is 0.492 e. The number of ether oxygens (including phenoxy) is 2. The molecule has 192 valence electrons. The molecule has 0 saturated carbocycles. The molecule has 0 bridgehead atoms. The number of fused-ring (bicyclic) bond motifs is 1. The van der Waals surface area contributed by atoms with Gasteiger partial charge in [0.25, 0.3) is 0 Å². The van der Waals surface area contributed by atoms with Crippen LogP contribution in [0, 0.1) is 6.92 Å². The first-order chi connectivity index (χ1) is 17.8. The molecule has 2 aromatic heterocycles. The van der Waals surface area contributed by atoms with Crippen molar-refractivity contribution >= 4 is 28.5 Å². The van der Waals surface area contributed by atoms with Gasteiger partial charge in [0.05, 0.1) is 42.0 Å². The number of aliphatic hydroxyl groups is 1. The van der Waals surface area contributed by atoms with Crippen molar-refractivity contribution in [2.45, 2.75) is 25.5 Å². The summed E-state index contributed by atoms with van der Waals surface area (Å²) >= 11 is 0. The van der Waals surface area contributed by atoms with E-state index in [9.17, 15) is 9.90 Å². The Bertz CT molecular complexity index is 1440. The van der Waals surface area contributed by atoms with E-state index in [4.69, 9.17) is 9.47 Å². The van der Waals surface area contributed by atoms with Crippen LogP contribution in [-0.4, -0.2) is 74.9 Å². The number of anilines is 2. The summed E-state index contributed by atoms with van der Waals surface area (Å²) < 4.78 is 12.9. The average Bonchev–Trinajstić information content (AvgIpc) is 3.43. The Morgan fingerprint density at radius 2 is 1.95 bits per heavy atom. The molecular weight excluding hydrogens is 472 g/mol. The van der Waals surface area contributed by atoms with Crippen molar-refractivity contribution in [3.8, 4) is 17.0 Å². The fraction of sp³-hybridized carbons (Fsp3) is 0.333. The molecule has 0 spiro atoms. The highest BCUT2D eigenvalue weighted by atomic mass is 16.5. The highest BCUT2D eigenvalue weighted by Crippen LogP contribution is 2.31. The Hall–Kier alpha value is -4.02. The predicted molar refractivity (Wildman–Crippen MR) is 140 cm³/mol. The molecule has 10 nitrogen and oxygen atoms in total. The fourth-order valence-electron chi connectivity index (χ4n) is 4.66. The third-order valence-corrected chi connectivity index (χ3v) is 6.68. The second-order valence-corrected chi connectivity index (χ2v) is 9.32. The van der Waals surface area contributed by atoms with Crippen LogP contribution in [0.1, 0.15) is 22.6 Å². The summed E-state index contributed by atoms with van der Waals surface area (Å²) in [5.41, 5.74) is 4.56. The Kier molecular flexibility index (Phi) is 6.77. The third-order valence-electron chi connectivity index (χ3n) is 6.68. The van der Waals surface area contributed by atoms with E-state index in [1.54, 1.807) is 6.33 Å². The molecule has 1 aliphatic heterocycles. The van der Waals surface area contributed by atoms with Gasteiger partial charge in [-0.25, -0.2) is 19.7 Å². The number of nitrogens with zero attached hydrogens (tertiary/aromatic N) is 5. The summed E-state index contributed by atoms with van der Waals surface area (Å²) in [6.45, 7) is 3.02. The molecule has 0 unspecified atom stereocenters. The van der Waals surface area contributed by atoms with Crippen molar-refractivity contribution in [3.05, 3.63) is 60.2 Å². The molecule has 0 radical (unpaired) electrons. The summed E-state index contributed by atoms with van der Waals surface area (Å²) in [4.78, 5) is 28.7. The minimum atomic E-state index is -0.590. The number of β-amino-alcohol motifs (C(OH)–C–C–N with tert-alkyl or cyclic N) is 1. The van der Waals surface area contributed by atoms with Gasteiger partial charge in [-0.2, -0.15) is 0 Å². The Labute approximate surface area is 214 Å². The quantitative estimate of drug-likeness (QED) is 0.367. The van der Waals surface area contributed by atoms with Gasteiger partial charge in [0, 0.05) is 30.9 Å². The first kappa shape index (κ1) is 24.7. The van der Waals surface area contributed by atoms with Crippen LogP contribution in [0.15, 0.2) is 48.8 Å². The number of rotatable bonds is 7. The van der Waals surface area contributed by atoms with Crippen LogP contribution in [0.3, 0.4) is 0 Å². The number of carbonyl (C=O) groups is 1. The molecule has 2 aromatic carbocycles. The summed E-state index contributed by atoms with van der Waals surface area (Å²) in [6, 6.07) is 13.4. The van der Waals surface area contributed by atoms with Crippen LogP contribution in [0.2, 0.25) is 0 Å². The Morgan fingerprint density at radius 1 is 1.16 bits per heavy atom. The van der Waals surface area contributed by atoms with E-state index >= 15 is 0 Å². The van der Waals surface area contributed by atoms with Gasteiger partial charge in [-0.1, -0.05) is 12.1 Å². The maximum Gasteiger partial charge on any atom is 0.360 e. The van der Waals surface area contributed by atoms with Crippen molar-refractivity contribution in [1.82, 2.24) is 24.4 Å². The van der Waals surface area contributed by atoms with Gasteiger partial charge in [0.1, 0.15) is 12.4 Å². The van der Waals surface area contributed by atoms with Gasteiger partial charge in [-0.3, -0.25) is 4.90 Å². The van der Waals surface area contributed by atoms with Crippen LogP contribution in [-0.2, 0) is 11.8 Å². The second-order valence-electron chi connectivity index (χ2n) is 9.32. The number of aryl methyl sites for hydroxylation is 2. The zero-order chi connectivity index (χ0) is 26.1. The fourth-order valence-corrected chi connectivity index (χ4v) is 4.66. The number of aromatic nitrogens is 4. The zero-order valence-electron chi connectivity index (χ0n) is 21.3. The number of likely N-dealkylation sites (N-methyl/N-ethyl adjacent to an activating group) is 1. The number of methoxy groups -OCH3 is 1. The molecule has 1 fully saturated rings. The number of esters is 1. The Morgan fingerprint density at radius 3 is 2.65 bits per heavy atom. The predicted octanol–water partition coefficient (Wildman–Crippen LogP) is 3.31. The van der Waals surface area contributed by atoms with Crippen molar-refractivity contribution in [3.63, 3.8) is 0 Å². The molecule has 2 atom stereocenters. The zero-order valence-corrected chi connectivity index (χ0v) is 21.3. The smallest absolute Gasteiger partial charge is 0.360 e. The first-order valence-corrected chi connectivity index (χ1v) is 12.1. The van der Waals surface area contributed by atoms with Crippen molar-refractivity contribution in [1.29, 1.82) is 0 Å². The minimum absolute atomic E-state index is 0.0826. The number of carbonyl (C=O) groups excluding carboxylic acids is 1. The van der Waals surface area contributed by atoms with Crippen LogP contribution in [0.5, 0.6) is 5.75 Å². The molecule has 2 N–H and O–H groups in total. The van der Waals surface area contributed by atoms with E-state index in [0.29, 0.717) is 36.8 Å². The molecule has 5 rings (SSSR count). The van der Waals surface area contributed by atoms with E-state index in [1.165, 1.54) is 7.11 Å². The lowest BCUT2D eigenvalue weighted by Gasteiger charge is -2.19. The van der Waals surface area contributed by atoms with E-state index in [1.807, 2.05) is 68.1 Å². The highest BCUT2D eigenvalue weighted by molar-refractivity contribution is 5.96. The number of imidazole rings is 1. The van der Waals surface area contributed by atoms with Gasteiger partial charge < -0.3 is 24.5 Å². The summed E-state index contributed by atoms with van der Waals surface area (Å²) in [7, 11) is 5.24. The average molecular weight is 503 g/mol. The van der Waals surface area contributed by atoms with E-state index in [0.717, 1.165) is 28.0 Å². The van der Waals surface area contributed by atoms with Crippen molar-refractivity contribution in [2.75, 3.05) is 32.6 Å². The number of para-hydroxylation sites is 1. The number of hydrogen-bond donors (Lipinski definition) is 2. The summed E-state index contributed by atoms with van der Waals surface area (Å²) in [5.74, 6) is 0.429. The molecule has 4 aromatic rings. The van der Waals surface area contributed by atoms with E-state index < -0.39 is 5.97 Å². The van der Waals surface area contributed by atoms with Crippen LogP contribution >= 0.6 is 0 Å². The topological polar surface area (TPSA) is 115 Å². The number of aliphatic hydroxyl groups excluding tert-OH is 1. The molecule has 0 aliphatic carbocycles. The number of likely N-dealkylation sites (tertiary alicyclic amines) is 1. The number of benzene rings is 2. The monoisotopic (exact) mass is 502 g/mol. The standard InChI is InChI=1S/C27H30N6O4/c1-16-23(21-6-5-7-22-24(21)28-15-33(22)3)31-25(27(35)36-4)26(29-16)30-17-8-10-20(11-9-17)37-14-18-12-19(34)13-32(18)2/h5-11,15,18-19,34H,12-14H2,1-4H3,(H,29,30)/t18-,19+/m1/s1.